The van der Waals surface area contributed by atoms with E-state index in [1.54, 1.807) is 23.1 Å². The SMILES string of the molecule is C[C@@H](Cc1c[nH]c2ccc(OC(=O)Nc3ccc(F)c(F)c3)cc12)C(=O)N1CCC[C@H]1C#N. The molecule has 0 spiro atoms. The molecule has 0 bridgehead atoms. The van der Waals surface area contributed by atoms with Crippen LogP contribution in [-0.2, 0) is 11.2 Å². The van der Waals surface area contributed by atoms with E-state index >= 15 is 0 Å². The minimum Gasteiger partial charge on any atom is -0.410 e. The number of nitrogens with zero attached hydrogens (tertiary/aromatic N) is 2. The third-order valence-electron chi connectivity index (χ3n) is 5.75. The number of anilines is 1. The number of benzene rings is 2. The zero-order valence-corrected chi connectivity index (χ0v) is 17.9. The average molecular weight is 452 g/mol. The number of hydrogen-bond acceptors (Lipinski definition) is 4. The topological polar surface area (TPSA) is 98.2 Å². The molecule has 170 valence electrons. The van der Waals surface area contributed by atoms with E-state index in [9.17, 15) is 23.6 Å². The fraction of sp³-hybridized carbons (Fsp3) is 0.292. The van der Waals surface area contributed by atoms with E-state index in [1.807, 2.05) is 13.1 Å². The molecule has 1 aliphatic rings. The number of aromatic amines is 1. The highest BCUT2D eigenvalue weighted by Crippen LogP contribution is 2.27. The lowest BCUT2D eigenvalue weighted by Gasteiger charge is -2.23. The Kier molecular flexibility index (Phi) is 6.27. The lowest BCUT2D eigenvalue weighted by atomic mass is 9.99. The van der Waals surface area contributed by atoms with Crippen molar-refractivity contribution < 1.29 is 23.1 Å². The summed E-state index contributed by atoms with van der Waals surface area (Å²) in [6, 6.07) is 9.85. The zero-order valence-electron chi connectivity index (χ0n) is 17.9. The number of likely N-dealkylation sites (tertiary alicyclic amines) is 1. The maximum atomic E-state index is 13.3. The summed E-state index contributed by atoms with van der Waals surface area (Å²) >= 11 is 0. The van der Waals surface area contributed by atoms with Gasteiger partial charge in [0.1, 0.15) is 11.8 Å². The highest BCUT2D eigenvalue weighted by molar-refractivity contribution is 5.89. The van der Waals surface area contributed by atoms with Crippen LogP contribution in [-0.4, -0.2) is 34.5 Å². The number of amides is 2. The van der Waals surface area contributed by atoms with Gasteiger partial charge >= 0.3 is 6.09 Å². The molecule has 0 aliphatic carbocycles. The molecule has 2 N–H and O–H groups in total. The fourth-order valence-electron chi connectivity index (χ4n) is 4.08. The molecule has 1 aliphatic heterocycles. The molecule has 3 aromatic rings. The normalized spacial score (nSPS) is 16.4. The number of nitriles is 1. The van der Waals surface area contributed by atoms with Crippen molar-refractivity contribution in [2.45, 2.75) is 32.2 Å². The Labute approximate surface area is 188 Å². The Balaban J connectivity index is 1.45. The van der Waals surface area contributed by atoms with Crippen LogP contribution < -0.4 is 10.1 Å². The number of aromatic nitrogens is 1. The van der Waals surface area contributed by atoms with Crippen LogP contribution >= 0.6 is 0 Å². The van der Waals surface area contributed by atoms with Crippen molar-refractivity contribution >= 4 is 28.6 Å². The van der Waals surface area contributed by atoms with Gasteiger partial charge in [-0.15, -0.1) is 0 Å². The number of hydrogen-bond donors (Lipinski definition) is 2. The number of carbonyl (C=O) groups excluding carboxylic acids is 2. The van der Waals surface area contributed by atoms with Gasteiger partial charge in [0.15, 0.2) is 11.6 Å². The van der Waals surface area contributed by atoms with E-state index in [0.717, 1.165) is 35.0 Å². The van der Waals surface area contributed by atoms with Gasteiger partial charge in [-0.05, 0) is 55.2 Å². The van der Waals surface area contributed by atoms with Crippen LogP contribution in [0.3, 0.4) is 0 Å². The third-order valence-corrected chi connectivity index (χ3v) is 5.75. The second kappa shape index (κ2) is 9.28. The van der Waals surface area contributed by atoms with Crippen molar-refractivity contribution in [2.24, 2.45) is 5.92 Å². The lowest BCUT2D eigenvalue weighted by Crippen LogP contribution is -2.38. The van der Waals surface area contributed by atoms with Crippen molar-refractivity contribution in [2.75, 3.05) is 11.9 Å². The molecule has 4 rings (SSSR count). The second-order valence-corrected chi connectivity index (χ2v) is 8.09. The molecule has 1 saturated heterocycles. The highest BCUT2D eigenvalue weighted by atomic mass is 19.2. The molecular formula is C24H22F2N4O3. The van der Waals surface area contributed by atoms with Gasteiger partial charge in [-0.2, -0.15) is 5.26 Å². The number of ether oxygens (including phenoxy) is 1. The van der Waals surface area contributed by atoms with Gasteiger partial charge in [0.05, 0.1) is 6.07 Å². The highest BCUT2D eigenvalue weighted by Gasteiger charge is 2.31. The van der Waals surface area contributed by atoms with Crippen LogP contribution in [0.5, 0.6) is 5.75 Å². The summed E-state index contributed by atoms with van der Waals surface area (Å²) in [5.74, 6) is -2.21. The van der Waals surface area contributed by atoms with E-state index in [-0.39, 0.29) is 29.3 Å². The van der Waals surface area contributed by atoms with Crippen molar-refractivity contribution in [1.82, 2.24) is 9.88 Å². The Morgan fingerprint density at radius 3 is 2.85 bits per heavy atom. The first-order valence-corrected chi connectivity index (χ1v) is 10.6. The van der Waals surface area contributed by atoms with Gasteiger partial charge in [0.2, 0.25) is 5.91 Å². The van der Waals surface area contributed by atoms with Gasteiger partial charge < -0.3 is 14.6 Å². The van der Waals surface area contributed by atoms with Crippen molar-refractivity contribution in [3.8, 4) is 11.8 Å². The summed E-state index contributed by atoms with van der Waals surface area (Å²) in [6.07, 6.45) is 2.95. The Morgan fingerprint density at radius 1 is 1.27 bits per heavy atom. The van der Waals surface area contributed by atoms with Crippen molar-refractivity contribution in [1.29, 1.82) is 5.26 Å². The summed E-state index contributed by atoms with van der Waals surface area (Å²) in [7, 11) is 0. The van der Waals surface area contributed by atoms with E-state index in [4.69, 9.17) is 4.74 Å². The average Bonchev–Trinajstić information content (AvgIpc) is 3.42. The van der Waals surface area contributed by atoms with Crippen LogP contribution in [0.4, 0.5) is 19.3 Å². The molecule has 2 amide bonds. The molecule has 1 fully saturated rings. The summed E-state index contributed by atoms with van der Waals surface area (Å²) in [5, 5.41) is 12.4. The summed E-state index contributed by atoms with van der Waals surface area (Å²) < 4.78 is 31.7. The Morgan fingerprint density at radius 2 is 2.09 bits per heavy atom. The fourth-order valence-corrected chi connectivity index (χ4v) is 4.08. The molecule has 7 nitrogen and oxygen atoms in total. The summed E-state index contributed by atoms with van der Waals surface area (Å²) in [5.41, 5.74) is 1.76. The predicted molar refractivity (Wildman–Crippen MR) is 118 cm³/mol. The molecule has 2 aromatic carbocycles. The van der Waals surface area contributed by atoms with E-state index in [0.29, 0.717) is 19.4 Å². The largest absolute Gasteiger partial charge is 0.417 e. The summed E-state index contributed by atoms with van der Waals surface area (Å²) in [6.45, 7) is 2.43. The molecule has 0 saturated carbocycles. The Hall–Kier alpha value is -3.93. The minimum absolute atomic E-state index is 0.0493. The smallest absolute Gasteiger partial charge is 0.410 e. The molecular weight excluding hydrogens is 430 g/mol. The molecule has 33 heavy (non-hydrogen) atoms. The maximum Gasteiger partial charge on any atom is 0.417 e. The third kappa shape index (κ3) is 4.80. The van der Waals surface area contributed by atoms with Crippen LogP contribution in [0.15, 0.2) is 42.6 Å². The number of fused-ring (bicyclic) bond motifs is 1. The lowest BCUT2D eigenvalue weighted by molar-refractivity contribution is -0.134. The van der Waals surface area contributed by atoms with E-state index in [1.165, 1.54) is 6.07 Å². The van der Waals surface area contributed by atoms with Gasteiger partial charge in [-0.3, -0.25) is 10.1 Å². The number of nitrogens with one attached hydrogen (secondary N) is 2. The summed E-state index contributed by atoms with van der Waals surface area (Å²) in [4.78, 5) is 29.8. The van der Waals surface area contributed by atoms with Gasteiger partial charge in [-0.25, -0.2) is 13.6 Å². The van der Waals surface area contributed by atoms with Crippen LogP contribution in [0.1, 0.15) is 25.3 Å². The second-order valence-electron chi connectivity index (χ2n) is 8.09. The number of carbonyl (C=O) groups is 2. The first kappa shape index (κ1) is 22.3. The van der Waals surface area contributed by atoms with E-state index in [2.05, 4.69) is 16.4 Å². The molecule has 2 atom stereocenters. The van der Waals surface area contributed by atoms with Gasteiger partial charge in [0, 0.05) is 41.3 Å². The zero-order chi connectivity index (χ0) is 23.5. The van der Waals surface area contributed by atoms with E-state index < -0.39 is 17.7 Å². The minimum atomic E-state index is -1.08. The van der Waals surface area contributed by atoms with Crippen LogP contribution in [0.25, 0.3) is 10.9 Å². The van der Waals surface area contributed by atoms with Crippen molar-refractivity contribution in [3.05, 3.63) is 59.8 Å². The maximum absolute atomic E-state index is 13.3. The molecule has 0 radical (unpaired) electrons. The number of rotatable bonds is 5. The molecule has 0 unspecified atom stereocenters. The predicted octanol–water partition coefficient (Wildman–Crippen LogP) is 4.75. The number of halogens is 2. The van der Waals surface area contributed by atoms with Gasteiger partial charge in [0.25, 0.3) is 0 Å². The first-order chi connectivity index (χ1) is 15.9. The van der Waals surface area contributed by atoms with Crippen LogP contribution in [0, 0.1) is 28.9 Å². The first-order valence-electron chi connectivity index (χ1n) is 10.6. The molecule has 9 heteroatoms. The molecule has 1 aromatic heterocycles. The molecule has 2 heterocycles. The van der Waals surface area contributed by atoms with Crippen molar-refractivity contribution in [3.63, 3.8) is 0 Å². The van der Waals surface area contributed by atoms with Crippen LogP contribution in [0.2, 0.25) is 0 Å². The van der Waals surface area contributed by atoms with Gasteiger partial charge in [-0.1, -0.05) is 6.92 Å². The standard InChI is InChI=1S/C24H22F2N4O3/c1-14(23(31)30-8-2-3-17(30)12-27)9-15-13-28-22-7-5-18(11-19(15)22)33-24(32)29-16-4-6-20(25)21(26)10-16/h4-7,10-11,13-14,17,28H,2-3,8-9H2,1H3,(H,29,32)/t14-,17-/m0/s1. The Bertz CT molecular complexity index is 1250. The number of H-pyrrole nitrogens is 1. The monoisotopic (exact) mass is 452 g/mol. The quantitative estimate of drug-likeness (QED) is 0.584.